The van der Waals surface area contributed by atoms with Crippen LogP contribution in [-0.2, 0) is 23.0 Å². The highest BCUT2D eigenvalue weighted by Crippen LogP contribution is 2.22. The zero-order valence-electron chi connectivity index (χ0n) is 9.93. The second-order valence-corrected chi connectivity index (χ2v) is 8.54. The summed E-state index contributed by atoms with van der Waals surface area (Å²) in [6, 6.07) is 5.32. The molecule has 3 N–H and O–H groups in total. The van der Waals surface area contributed by atoms with E-state index in [1.54, 1.807) is 11.4 Å². The lowest BCUT2D eigenvalue weighted by molar-refractivity contribution is 0.584. The maximum Gasteiger partial charge on any atom is 0.250 e. The average Bonchev–Trinajstić information content (AvgIpc) is 2.98. The van der Waals surface area contributed by atoms with Crippen molar-refractivity contribution in [2.45, 2.75) is 17.2 Å². The van der Waals surface area contributed by atoms with Crippen molar-refractivity contribution in [1.29, 1.82) is 0 Å². The Labute approximate surface area is 125 Å². The van der Waals surface area contributed by atoms with Crippen molar-refractivity contribution in [3.8, 4) is 0 Å². The highest BCUT2D eigenvalue weighted by molar-refractivity contribution is 7.91. The number of thiophene rings is 2. The van der Waals surface area contributed by atoms with Gasteiger partial charge in [0.1, 0.15) is 4.21 Å². The van der Waals surface area contributed by atoms with Crippen LogP contribution in [0.15, 0.2) is 27.8 Å². The van der Waals surface area contributed by atoms with Crippen LogP contribution >= 0.6 is 34.3 Å². The van der Waals surface area contributed by atoms with Crippen molar-refractivity contribution >= 4 is 44.3 Å². The first-order valence-electron chi connectivity index (χ1n) is 5.52. The van der Waals surface area contributed by atoms with E-state index in [0.29, 0.717) is 28.1 Å². The van der Waals surface area contributed by atoms with E-state index in [2.05, 4.69) is 4.72 Å². The van der Waals surface area contributed by atoms with Gasteiger partial charge < -0.3 is 5.73 Å². The monoisotopic (exact) mass is 336 g/mol. The van der Waals surface area contributed by atoms with Gasteiger partial charge in [-0.1, -0.05) is 11.6 Å². The van der Waals surface area contributed by atoms with E-state index in [1.165, 1.54) is 22.7 Å². The summed E-state index contributed by atoms with van der Waals surface area (Å²) >= 11 is 8.45. The van der Waals surface area contributed by atoms with Crippen molar-refractivity contribution in [3.05, 3.63) is 38.4 Å². The third kappa shape index (κ3) is 4.01. The molecule has 0 spiro atoms. The Balaban J connectivity index is 1.94. The molecular weight excluding hydrogens is 324 g/mol. The summed E-state index contributed by atoms with van der Waals surface area (Å²) in [6.45, 7) is 0.703. The van der Waals surface area contributed by atoms with Gasteiger partial charge in [-0.2, -0.15) is 0 Å². The molecule has 2 rings (SSSR count). The molecule has 0 fully saturated rings. The molecule has 0 bridgehead atoms. The predicted molar refractivity (Wildman–Crippen MR) is 80.4 cm³/mol. The lowest BCUT2D eigenvalue weighted by atomic mass is 10.3. The zero-order valence-corrected chi connectivity index (χ0v) is 13.1. The lowest BCUT2D eigenvalue weighted by Crippen LogP contribution is -2.25. The van der Waals surface area contributed by atoms with Crippen LogP contribution in [0.3, 0.4) is 0 Å². The van der Waals surface area contributed by atoms with Gasteiger partial charge >= 0.3 is 0 Å². The first-order valence-corrected chi connectivity index (χ1v) is 9.08. The van der Waals surface area contributed by atoms with Crippen molar-refractivity contribution < 1.29 is 8.42 Å². The zero-order chi connectivity index (χ0) is 13.9. The van der Waals surface area contributed by atoms with Gasteiger partial charge in [0.15, 0.2) is 0 Å². The Morgan fingerprint density at radius 1 is 1.37 bits per heavy atom. The summed E-state index contributed by atoms with van der Waals surface area (Å²) in [4.78, 5) is 1.06. The standard InChI is InChI=1S/C11H13ClN2O2S3/c12-10-2-1-9(18-10)3-4-14-19(15,16)11-5-8(6-13)7-17-11/h1-2,5,7,14H,3-4,6,13H2. The van der Waals surface area contributed by atoms with Gasteiger partial charge in [-0.15, -0.1) is 22.7 Å². The molecule has 0 saturated carbocycles. The predicted octanol–water partition coefficient (Wildman–Crippen LogP) is 2.44. The molecule has 0 aromatic carbocycles. The summed E-state index contributed by atoms with van der Waals surface area (Å²) in [5.74, 6) is 0. The van der Waals surface area contributed by atoms with Gasteiger partial charge in [-0.3, -0.25) is 0 Å². The van der Waals surface area contributed by atoms with Gasteiger partial charge in [0, 0.05) is 18.0 Å². The normalized spacial score (nSPS) is 11.9. The molecule has 19 heavy (non-hydrogen) atoms. The van der Waals surface area contributed by atoms with E-state index in [9.17, 15) is 8.42 Å². The van der Waals surface area contributed by atoms with Crippen molar-refractivity contribution in [2.75, 3.05) is 6.54 Å². The Hall–Kier alpha value is -0.440. The number of nitrogens with two attached hydrogens (primary N) is 1. The molecule has 2 aromatic heterocycles. The molecular formula is C11H13ClN2O2S3. The van der Waals surface area contributed by atoms with Gasteiger partial charge in [0.2, 0.25) is 10.0 Å². The summed E-state index contributed by atoms with van der Waals surface area (Å²) in [6.07, 6.45) is 0.631. The largest absolute Gasteiger partial charge is 0.326 e. The first kappa shape index (κ1) is 15.0. The minimum absolute atomic E-state index is 0.303. The van der Waals surface area contributed by atoms with Crippen LogP contribution in [0, 0.1) is 0 Å². The Bertz CT molecular complexity index is 648. The van der Waals surface area contributed by atoms with Crippen LogP contribution in [-0.4, -0.2) is 15.0 Å². The average molecular weight is 337 g/mol. The van der Waals surface area contributed by atoms with Crippen LogP contribution in [0.25, 0.3) is 0 Å². The lowest BCUT2D eigenvalue weighted by Gasteiger charge is -2.03. The fraction of sp³-hybridized carbons (Fsp3) is 0.273. The van der Waals surface area contributed by atoms with Crippen LogP contribution < -0.4 is 10.5 Å². The quantitative estimate of drug-likeness (QED) is 0.851. The second kappa shape index (κ2) is 6.34. The molecule has 8 heteroatoms. The third-order valence-corrected chi connectivity index (χ3v) is 6.66. The SMILES string of the molecule is NCc1csc(S(=O)(=O)NCCc2ccc(Cl)s2)c1. The van der Waals surface area contributed by atoms with Crippen molar-refractivity contribution in [2.24, 2.45) is 5.73 Å². The smallest absolute Gasteiger partial charge is 0.250 e. The molecule has 0 unspecified atom stereocenters. The van der Waals surface area contributed by atoms with Gasteiger partial charge in [-0.25, -0.2) is 13.1 Å². The molecule has 0 saturated heterocycles. The number of halogens is 1. The summed E-state index contributed by atoms with van der Waals surface area (Å²) in [5, 5.41) is 1.76. The van der Waals surface area contributed by atoms with Gasteiger partial charge in [-0.05, 0) is 35.6 Å². The fourth-order valence-corrected chi connectivity index (χ4v) is 4.85. The van der Waals surface area contributed by atoms with Crippen LogP contribution in [0.2, 0.25) is 4.34 Å². The molecule has 0 atom stereocenters. The molecule has 104 valence electrons. The highest BCUT2D eigenvalue weighted by Gasteiger charge is 2.15. The molecule has 0 radical (unpaired) electrons. The van der Waals surface area contributed by atoms with Crippen LogP contribution in [0.5, 0.6) is 0 Å². The summed E-state index contributed by atoms with van der Waals surface area (Å²) in [7, 11) is -3.43. The number of nitrogens with one attached hydrogen (secondary N) is 1. The molecule has 0 aliphatic carbocycles. The van der Waals surface area contributed by atoms with E-state index in [4.69, 9.17) is 17.3 Å². The topological polar surface area (TPSA) is 72.2 Å². The van der Waals surface area contributed by atoms with Crippen molar-refractivity contribution in [1.82, 2.24) is 4.72 Å². The molecule has 0 amide bonds. The Kier molecular flexibility index (Phi) is 4.99. The number of hydrogen-bond acceptors (Lipinski definition) is 5. The fourth-order valence-electron chi connectivity index (χ4n) is 1.47. The number of hydrogen-bond donors (Lipinski definition) is 2. The van der Waals surface area contributed by atoms with Crippen molar-refractivity contribution in [3.63, 3.8) is 0 Å². The van der Waals surface area contributed by atoms with Crippen LogP contribution in [0.4, 0.5) is 0 Å². The van der Waals surface area contributed by atoms with E-state index in [-0.39, 0.29) is 0 Å². The molecule has 2 heterocycles. The Morgan fingerprint density at radius 3 is 2.74 bits per heavy atom. The number of sulfonamides is 1. The highest BCUT2D eigenvalue weighted by atomic mass is 35.5. The minimum atomic E-state index is -3.43. The maximum atomic E-state index is 12.0. The molecule has 4 nitrogen and oxygen atoms in total. The van der Waals surface area contributed by atoms with Gasteiger partial charge in [0.05, 0.1) is 4.34 Å². The first-order chi connectivity index (χ1) is 9.01. The maximum absolute atomic E-state index is 12.0. The third-order valence-electron chi connectivity index (χ3n) is 2.42. The Morgan fingerprint density at radius 2 is 2.16 bits per heavy atom. The summed E-state index contributed by atoms with van der Waals surface area (Å²) in [5.41, 5.74) is 6.29. The number of rotatable bonds is 6. The summed E-state index contributed by atoms with van der Waals surface area (Å²) < 4.78 is 27.6. The molecule has 0 aliphatic heterocycles. The molecule has 2 aromatic rings. The van der Waals surface area contributed by atoms with E-state index in [0.717, 1.165) is 10.4 Å². The molecule has 0 aliphatic rings. The van der Waals surface area contributed by atoms with E-state index in [1.807, 2.05) is 12.1 Å². The van der Waals surface area contributed by atoms with Crippen LogP contribution in [0.1, 0.15) is 10.4 Å². The van der Waals surface area contributed by atoms with Gasteiger partial charge in [0.25, 0.3) is 0 Å². The minimum Gasteiger partial charge on any atom is -0.326 e. The van der Waals surface area contributed by atoms with E-state index >= 15 is 0 Å². The second-order valence-electron chi connectivity index (χ2n) is 3.83. The van der Waals surface area contributed by atoms with E-state index < -0.39 is 10.0 Å².